The number of hydrogen-bond acceptors (Lipinski definition) is 4. The third-order valence-electron chi connectivity index (χ3n) is 3.50. The molecule has 1 aliphatic heterocycles. The maximum Gasteiger partial charge on any atom is 0.224 e. The fourth-order valence-electron chi connectivity index (χ4n) is 2.36. The number of carbonyl (C=O) groups is 1. The molecule has 5 nitrogen and oxygen atoms in total. The van der Waals surface area contributed by atoms with Crippen LogP contribution in [0, 0.1) is 11.8 Å². The number of nitrogens with one attached hydrogen (secondary N) is 2. The second kappa shape index (κ2) is 6.70. The molecule has 2 N–H and O–H groups in total. The van der Waals surface area contributed by atoms with E-state index in [4.69, 9.17) is 4.74 Å². The van der Waals surface area contributed by atoms with Crippen molar-refractivity contribution >= 4 is 5.91 Å². The first-order valence-corrected chi connectivity index (χ1v) is 7.17. The van der Waals surface area contributed by atoms with Crippen molar-refractivity contribution in [2.45, 2.75) is 33.4 Å². The molecule has 0 aromatic carbocycles. The molecule has 110 valence electrons. The van der Waals surface area contributed by atoms with Crippen LogP contribution < -0.4 is 15.4 Å². The van der Waals surface area contributed by atoms with Gasteiger partial charge in [-0.05, 0) is 32.4 Å². The maximum atomic E-state index is 12.2. The Morgan fingerprint density at radius 1 is 1.55 bits per heavy atom. The van der Waals surface area contributed by atoms with Crippen LogP contribution in [0.25, 0.3) is 0 Å². The van der Waals surface area contributed by atoms with Crippen molar-refractivity contribution in [3.05, 3.63) is 23.9 Å². The molecule has 1 aromatic rings. The highest BCUT2D eigenvalue weighted by Gasteiger charge is 2.29. The Labute approximate surface area is 120 Å². The van der Waals surface area contributed by atoms with E-state index in [-0.39, 0.29) is 17.9 Å². The van der Waals surface area contributed by atoms with Gasteiger partial charge in [0.1, 0.15) is 0 Å². The lowest BCUT2D eigenvalue weighted by Crippen LogP contribution is -2.34. The average Bonchev–Trinajstić information content (AvgIpc) is 2.83. The predicted octanol–water partition coefficient (Wildman–Crippen LogP) is 1.34. The van der Waals surface area contributed by atoms with E-state index in [0.717, 1.165) is 18.7 Å². The van der Waals surface area contributed by atoms with Gasteiger partial charge < -0.3 is 15.4 Å². The lowest BCUT2D eigenvalue weighted by atomic mass is 9.97. The van der Waals surface area contributed by atoms with E-state index in [9.17, 15) is 4.79 Å². The summed E-state index contributed by atoms with van der Waals surface area (Å²) in [5.74, 6) is 1.14. The molecule has 0 aliphatic carbocycles. The summed E-state index contributed by atoms with van der Waals surface area (Å²) in [6.07, 6.45) is 1.77. The fourth-order valence-corrected chi connectivity index (χ4v) is 2.36. The highest BCUT2D eigenvalue weighted by atomic mass is 16.5. The summed E-state index contributed by atoms with van der Waals surface area (Å²) in [5, 5.41) is 6.23. The molecule has 0 unspecified atom stereocenters. The summed E-state index contributed by atoms with van der Waals surface area (Å²) >= 11 is 0. The van der Waals surface area contributed by atoms with Gasteiger partial charge in [-0.2, -0.15) is 0 Å². The van der Waals surface area contributed by atoms with Gasteiger partial charge in [-0.3, -0.25) is 4.79 Å². The smallest absolute Gasteiger partial charge is 0.224 e. The van der Waals surface area contributed by atoms with Crippen LogP contribution in [0.15, 0.2) is 18.3 Å². The SMILES string of the molecule is CC(C)Oc1ncccc1CNC(=O)[C@@H]1CNC[C@H]1C. The van der Waals surface area contributed by atoms with Gasteiger partial charge in [-0.25, -0.2) is 4.98 Å². The third kappa shape index (κ3) is 3.70. The van der Waals surface area contributed by atoms with Crippen molar-refractivity contribution in [3.8, 4) is 5.88 Å². The second-order valence-electron chi connectivity index (χ2n) is 5.59. The molecule has 1 fully saturated rings. The van der Waals surface area contributed by atoms with Crippen LogP contribution in [0.5, 0.6) is 5.88 Å². The number of ether oxygens (including phenoxy) is 1. The zero-order chi connectivity index (χ0) is 14.5. The van der Waals surface area contributed by atoms with Crippen LogP contribution in [0.1, 0.15) is 26.3 Å². The van der Waals surface area contributed by atoms with E-state index in [1.54, 1.807) is 6.20 Å². The summed E-state index contributed by atoms with van der Waals surface area (Å²) in [6, 6.07) is 3.79. The first-order chi connectivity index (χ1) is 9.58. The Bertz CT molecular complexity index is 462. The van der Waals surface area contributed by atoms with Gasteiger partial charge in [0.2, 0.25) is 11.8 Å². The Hall–Kier alpha value is -1.62. The normalized spacial score (nSPS) is 22.0. The number of rotatable bonds is 5. The van der Waals surface area contributed by atoms with Gasteiger partial charge in [-0.15, -0.1) is 0 Å². The highest BCUT2D eigenvalue weighted by Crippen LogP contribution is 2.18. The molecule has 0 saturated carbocycles. The van der Waals surface area contributed by atoms with Gasteiger partial charge in [0.15, 0.2) is 0 Å². The van der Waals surface area contributed by atoms with E-state index >= 15 is 0 Å². The number of carbonyl (C=O) groups excluding carboxylic acids is 1. The Kier molecular flexibility index (Phi) is 4.95. The zero-order valence-corrected chi connectivity index (χ0v) is 12.3. The average molecular weight is 277 g/mol. The maximum absolute atomic E-state index is 12.2. The van der Waals surface area contributed by atoms with Crippen molar-refractivity contribution in [1.82, 2.24) is 15.6 Å². The topological polar surface area (TPSA) is 63.2 Å². The largest absolute Gasteiger partial charge is 0.475 e. The zero-order valence-electron chi connectivity index (χ0n) is 12.3. The molecule has 1 aromatic heterocycles. The van der Waals surface area contributed by atoms with Crippen molar-refractivity contribution in [2.75, 3.05) is 13.1 Å². The predicted molar refractivity (Wildman–Crippen MR) is 77.4 cm³/mol. The molecule has 5 heteroatoms. The molecule has 2 rings (SSSR count). The lowest BCUT2D eigenvalue weighted by Gasteiger charge is -2.16. The van der Waals surface area contributed by atoms with Crippen LogP contribution in [-0.2, 0) is 11.3 Å². The van der Waals surface area contributed by atoms with E-state index < -0.39 is 0 Å². The van der Waals surface area contributed by atoms with Crippen molar-refractivity contribution in [3.63, 3.8) is 0 Å². The number of nitrogens with zero attached hydrogens (tertiary/aromatic N) is 1. The van der Waals surface area contributed by atoms with E-state index in [2.05, 4.69) is 22.5 Å². The van der Waals surface area contributed by atoms with Crippen molar-refractivity contribution in [1.29, 1.82) is 0 Å². The van der Waals surface area contributed by atoms with Gasteiger partial charge in [-0.1, -0.05) is 13.0 Å². The second-order valence-corrected chi connectivity index (χ2v) is 5.59. The summed E-state index contributed by atoms with van der Waals surface area (Å²) < 4.78 is 5.65. The Morgan fingerprint density at radius 2 is 2.35 bits per heavy atom. The summed E-state index contributed by atoms with van der Waals surface area (Å²) in [6.45, 7) is 8.15. The quantitative estimate of drug-likeness (QED) is 0.852. The van der Waals surface area contributed by atoms with Crippen LogP contribution >= 0.6 is 0 Å². The minimum absolute atomic E-state index is 0.0566. The third-order valence-corrected chi connectivity index (χ3v) is 3.50. The molecule has 0 bridgehead atoms. The first-order valence-electron chi connectivity index (χ1n) is 7.17. The first kappa shape index (κ1) is 14.8. The molecule has 1 aliphatic rings. The summed E-state index contributed by atoms with van der Waals surface area (Å²) in [7, 11) is 0. The molecular weight excluding hydrogens is 254 g/mol. The molecule has 20 heavy (non-hydrogen) atoms. The number of hydrogen-bond donors (Lipinski definition) is 2. The standard InChI is InChI=1S/C15H23N3O2/c1-10(2)20-15-12(5-4-6-17-15)8-18-14(19)13-9-16-7-11(13)3/h4-6,10-11,13,16H,7-9H2,1-3H3,(H,18,19)/t11-,13-/m1/s1. The molecule has 0 spiro atoms. The minimum atomic E-state index is 0.0566. The number of aromatic nitrogens is 1. The molecule has 2 atom stereocenters. The molecule has 0 radical (unpaired) electrons. The van der Waals surface area contributed by atoms with Gasteiger partial charge in [0, 0.05) is 24.8 Å². The van der Waals surface area contributed by atoms with Crippen LogP contribution in [-0.4, -0.2) is 30.1 Å². The van der Waals surface area contributed by atoms with Crippen molar-refractivity contribution < 1.29 is 9.53 Å². The van der Waals surface area contributed by atoms with E-state index in [1.165, 1.54) is 0 Å². The minimum Gasteiger partial charge on any atom is -0.475 e. The molecule has 1 amide bonds. The number of amides is 1. The van der Waals surface area contributed by atoms with Crippen LogP contribution in [0.3, 0.4) is 0 Å². The fraction of sp³-hybridized carbons (Fsp3) is 0.600. The number of pyridine rings is 1. The van der Waals surface area contributed by atoms with Gasteiger partial charge in [0.05, 0.1) is 12.0 Å². The lowest BCUT2D eigenvalue weighted by molar-refractivity contribution is -0.125. The van der Waals surface area contributed by atoms with Crippen molar-refractivity contribution in [2.24, 2.45) is 11.8 Å². The Morgan fingerprint density at radius 3 is 3.00 bits per heavy atom. The van der Waals surface area contributed by atoms with Crippen LogP contribution in [0.4, 0.5) is 0 Å². The van der Waals surface area contributed by atoms with Gasteiger partial charge in [0.25, 0.3) is 0 Å². The monoisotopic (exact) mass is 277 g/mol. The van der Waals surface area contributed by atoms with E-state index in [1.807, 2.05) is 26.0 Å². The molecule has 2 heterocycles. The summed E-state index contributed by atoms with van der Waals surface area (Å²) in [4.78, 5) is 16.4. The van der Waals surface area contributed by atoms with E-state index in [0.29, 0.717) is 18.3 Å². The van der Waals surface area contributed by atoms with Crippen LogP contribution in [0.2, 0.25) is 0 Å². The highest BCUT2D eigenvalue weighted by molar-refractivity contribution is 5.79. The summed E-state index contributed by atoms with van der Waals surface area (Å²) in [5.41, 5.74) is 0.910. The molecule has 1 saturated heterocycles. The Balaban J connectivity index is 1.95. The molecular formula is C15H23N3O2. The van der Waals surface area contributed by atoms with Gasteiger partial charge >= 0.3 is 0 Å².